The zero-order valence-electron chi connectivity index (χ0n) is 19.9. The molecule has 0 unspecified atom stereocenters. The Balaban J connectivity index is 1.85. The normalized spacial score (nSPS) is 15.2. The van der Waals surface area contributed by atoms with Gasteiger partial charge in [0.05, 0.1) is 12.3 Å². The quantitative estimate of drug-likeness (QED) is 0.480. The number of carbonyl (C=O) groups excluding carboxylic acids is 3. The van der Waals surface area contributed by atoms with Crippen molar-refractivity contribution in [2.24, 2.45) is 11.7 Å². The molecule has 0 atom stereocenters. The van der Waals surface area contributed by atoms with E-state index >= 15 is 0 Å². The Labute approximate surface area is 194 Å². The molecule has 1 aliphatic rings. The second kappa shape index (κ2) is 11.6. The molecule has 1 aromatic heterocycles. The van der Waals surface area contributed by atoms with Gasteiger partial charge in [0.25, 0.3) is 0 Å². The average molecular weight is 468 g/mol. The molecule has 3 amide bonds. The Hall–Kier alpha value is -2.14. The van der Waals surface area contributed by atoms with Crippen molar-refractivity contribution >= 4 is 29.5 Å². The summed E-state index contributed by atoms with van der Waals surface area (Å²) in [7, 11) is 0. The number of primary amides is 1. The summed E-state index contributed by atoms with van der Waals surface area (Å²) >= 11 is 1.37. The number of hydrogen-bond donors (Lipinski definition) is 2. The second-order valence-electron chi connectivity index (χ2n) is 9.61. The van der Waals surface area contributed by atoms with Crippen LogP contribution in [0, 0.1) is 5.92 Å². The van der Waals surface area contributed by atoms with Crippen LogP contribution in [-0.4, -0.2) is 86.3 Å². The summed E-state index contributed by atoms with van der Waals surface area (Å²) in [6.07, 6.45) is 0.659. The molecule has 2 rings (SSSR count). The fourth-order valence-corrected chi connectivity index (χ4v) is 4.30. The van der Waals surface area contributed by atoms with E-state index in [1.54, 1.807) is 0 Å². The van der Waals surface area contributed by atoms with E-state index in [1.165, 1.54) is 11.8 Å². The van der Waals surface area contributed by atoms with Crippen molar-refractivity contribution in [3.8, 4) is 0 Å². The highest BCUT2D eigenvalue weighted by Gasteiger charge is 2.24. The highest BCUT2D eigenvalue weighted by atomic mass is 32.2. The largest absolute Gasteiger partial charge is 0.370 e. The molecule has 0 bridgehead atoms. The van der Waals surface area contributed by atoms with Crippen LogP contribution in [0.3, 0.4) is 0 Å². The average Bonchev–Trinajstić information content (AvgIpc) is 3.04. The van der Waals surface area contributed by atoms with E-state index in [2.05, 4.69) is 34.3 Å². The number of aromatic nitrogens is 3. The van der Waals surface area contributed by atoms with Gasteiger partial charge in [-0.25, -0.2) is 0 Å². The molecule has 0 radical (unpaired) electrons. The minimum Gasteiger partial charge on any atom is -0.370 e. The molecule has 0 spiro atoms. The first-order chi connectivity index (χ1) is 14.9. The van der Waals surface area contributed by atoms with Gasteiger partial charge < -0.3 is 20.5 Å². The van der Waals surface area contributed by atoms with Crippen molar-refractivity contribution in [1.29, 1.82) is 0 Å². The third-order valence-corrected chi connectivity index (χ3v) is 5.82. The molecule has 1 saturated heterocycles. The molecule has 180 valence electrons. The molecule has 1 aromatic rings. The molecule has 3 N–H and O–H groups in total. The van der Waals surface area contributed by atoms with E-state index in [0.29, 0.717) is 56.8 Å². The van der Waals surface area contributed by atoms with Crippen LogP contribution in [0.2, 0.25) is 0 Å². The van der Waals surface area contributed by atoms with E-state index in [4.69, 9.17) is 5.73 Å². The van der Waals surface area contributed by atoms with Crippen molar-refractivity contribution in [2.75, 3.05) is 38.5 Å². The third kappa shape index (κ3) is 8.78. The Morgan fingerprint density at radius 2 is 1.78 bits per heavy atom. The van der Waals surface area contributed by atoms with Crippen molar-refractivity contribution in [3.05, 3.63) is 5.82 Å². The molecule has 0 aromatic carbocycles. The van der Waals surface area contributed by atoms with Crippen molar-refractivity contribution in [2.45, 2.75) is 64.7 Å². The SMILES string of the molecule is CC(C)Cn1c(CCC(N)=O)nnc1SCC(=O)N1CCN(CC(=O)NC(C)(C)C)CC1. The highest BCUT2D eigenvalue weighted by molar-refractivity contribution is 7.99. The summed E-state index contributed by atoms with van der Waals surface area (Å²) in [5.74, 6) is 1.04. The molecule has 10 nitrogen and oxygen atoms in total. The standard InChI is InChI=1S/C21H37N7O3S/c1-15(2)12-28-17(7-6-16(22)29)24-25-20(28)32-14-19(31)27-10-8-26(9-11-27)13-18(30)23-21(3,4)5/h15H,6-14H2,1-5H3,(H2,22,29)(H,23,30). The number of nitrogens with zero attached hydrogens (tertiary/aromatic N) is 5. The first-order valence-electron chi connectivity index (χ1n) is 11.1. The summed E-state index contributed by atoms with van der Waals surface area (Å²) in [6, 6.07) is 0. The summed E-state index contributed by atoms with van der Waals surface area (Å²) < 4.78 is 1.98. The summed E-state index contributed by atoms with van der Waals surface area (Å²) in [5.41, 5.74) is 5.02. The Bertz CT molecular complexity index is 796. The maximum atomic E-state index is 12.7. The Morgan fingerprint density at radius 1 is 1.12 bits per heavy atom. The van der Waals surface area contributed by atoms with Crippen LogP contribution < -0.4 is 11.1 Å². The number of aryl methyl sites for hydroxylation is 1. The van der Waals surface area contributed by atoms with Crippen LogP contribution in [0.5, 0.6) is 0 Å². The third-order valence-electron chi connectivity index (χ3n) is 4.87. The number of carbonyl (C=O) groups is 3. The predicted molar refractivity (Wildman–Crippen MR) is 124 cm³/mol. The van der Waals surface area contributed by atoms with Gasteiger partial charge in [0, 0.05) is 51.1 Å². The lowest BCUT2D eigenvalue weighted by atomic mass is 10.1. The van der Waals surface area contributed by atoms with Crippen LogP contribution in [-0.2, 0) is 27.3 Å². The second-order valence-corrected chi connectivity index (χ2v) is 10.6. The smallest absolute Gasteiger partial charge is 0.234 e. The topological polar surface area (TPSA) is 126 Å². The van der Waals surface area contributed by atoms with Crippen LogP contribution in [0.15, 0.2) is 5.16 Å². The molecule has 1 aliphatic heterocycles. The first-order valence-corrected chi connectivity index (χ1v) is 12.1. The van der Waals surface area contributed by atoms with E-state index < -0.39 is 0 Å². The van der Waals surface area contributed by atoms with Gasteiger partial charge in [-0.1, -0.05) is 25.6 Å². The van der Waals surface area contributed by atoms with Gasteiger partial charge in [0.2, 0.25) is 17.7 Å². The fraction of sp³-hybridized carbons (Fsp3) is 0.762. The van der Waals surface area contributed by atoms with E-state index in [-0.39, 0.29) is 35.4 Å². The molecular formula is C21H37N7O3S. The van der Waals surface area contributed by atoms with Crippen LogP contribution in [0.25, 0.3) is 0 Å². The van der Waals surface area contributed by atoms with Crippen LogP contribution >= 0.6 is 11.8 Å². The highest BCUT2D eigenvalue weighted by Crippen LogP contribution is 2.20. The molecule has 1 fully saturated rings. The van der Waals surface area contributed by atoms with Gasteiger partial charge in [0.1, 0.15) is 5.82 Å². The van der Waals surface area contributed by atoms with E-state index in [1.807, 2.05) is 30.2 Å². The zero-order valence-corrected chi connectivity index (χ0v) is 20.7. The minimum atomic E-state index is -0.372. The number of nitrogens with two attached hydrogens (primary N) is 1. The number of amides is 3. The number of nitrogens with one attached hydrogen (secondary N) is 1. The molecular weight excluding hydrogens is 430 g/mol. The number of rotatable bonds is 10. The maximum absolute atomic E-state index is 12.7. The monoisotopic (exact) mass is 467 g/mol. The Kier molecular flexibility index (Phi) is 9.50. The molecule has 32 heavy (non-hydrogen) atoms. The van der Waals surface area contributed by atoms with E-state index in [9.17, 15) is 14.4 Å². The zero-order chi connectivity index (χ0) is 23.9. The first kappa shape index (κ1) is 26.1. The molecule has 0 aliphatic carbocycles. The molecule has 0 saturated carbocycles. The van der Waals surface area contributed by atoms with Crippen molar-refractivity contribution < 1.29 is 14.4 Å². The van der Waals surface area contributed by atoms with Gasteiger partial charge in [-0.15, -0.1) is 10.2 Å². The lowest BCUT2D eigenvalue weighted by Crippen LogP contribution is -2.53. The van der Waals surface area contributed by atoms with Gasteiger partial charge >= 0.3 is 0 Å². The van der Waals surface area contributed by atoms with Crippen LogP contribution in [0.4, 0.5) is 0 Å². The van der Waals surface area contributed by atoms with Gasteiger partial charge in [0.15, 0.2) is 5.16 Å². The lowest BCUT2D eigenvalue weighted by Gasteiger charge is -2.34. The lowest BCUT2D eigenvalue weighted by molar-refractivity contribution is -0.130. The van der Waals surface area contributed by atoms with Gasteiger partial charge in [-0.05, 0) is 26.7 Å². The van der Waals surface area contributed by atoms with Crippen molar-refractivity contribution in [1.82, 2.24) is 29.9 Å². The predicted octanol–water partition coefficient (Wildman–Crippen LogP) is 0.503. The molecule has 2 heterocycles. The maximum Gasteiger partial charge on any atom is 0.234 e. The number of thioether (sulfide) groups is 1. The van der Waals surface area contributed by atoms with E-state index in [0.717, 1.165) is 5.82 Å². The van der Waals surface area contributed by atoms with Crippen LogP contribution in [0.1, 0.15) is 46.9 Å². The molecule has 11 heteroatoms. The van der Waals surface area contributed by atoms with Gasteiger partial charge in [-0.2, -0.15) is 0 Å². The van der Waals surface area contributed by atoms with Gasteiger partial charge in [-0.3, -0.25) is 19.3 Å². The summed E-state index contributed by atoms with van der Waals surface area (Å²) in [4.78, 5) is 39.9. The van der Waals surface area contributed by atoms with Crippen molar-refractivity contribution in [3.63, 3.8) is 0 Å². The minimum absolute atomic E-state index is 0.00413. The Morgan fingerprint density at radius 3 is 2.34 bits per heavy atom. The number of hydrogen-bond acceptors (Lipinski definition) is 7. The number of piperazine rings is 1. The fourth-order valence-electron chi connectivity index (χ4n) is 3.43. The summed E-state index contributed by atoms with van der Waals surface area (Å²) in [5, 5.41) is 12.1. The summed E-state index contributed by atoms with van der Waals surface area (Å²) in [6.45, 7) is 13.7.